The molecule has 2 N–H and O–H groups in total. The molecule has 0 radical (unpaired) electrons. The molecule has 0 saturated carbocycles. The van der Waals surface area contributed by atoms with Gasteiger partial charge in [0.25, 0.3) is 11.8 Å². The summed E-state index contributed by atoms with van der Waals surface area (Å²) in [6, 6.07) is 12.8. The summed E-state index contributed by atoms with van der Waals surface area (Å²) >= 11 is 0. The molecule has 1 saturated heterocycles. The van der Waals surface area contributed by atoms with Crippen LogP contribution < -0.4 is 15.5 Å². The first-order valence-electron chi connectivity index (χ1n) is 10.3. The average Bonchev–Trinajstić information content (AvgIpc) is 3.39. The van der Waals surface area contributed by atoms with Gasteiger partial charge >= 0.3 is 0 Å². The molecule has 0 spiro atoms. The van der Waals surface area contributed by atoms with Crippen LogP contribution in [0.1, 0.15) is 39.4 Å². The topological polar surface area (TPSA) is 102 Å². The highest BCUT2D eigenvalue weighted by atomic mass is 19.1. The van der Waals surface area contributed by atoms with Crippen molar-refractivity contribution >= 4 is 29.1 Å². The number of carbonyl (C=O) groups is 3. The average molecular weight is 433 g/mol. The van der Waals surface area contributed by atoms with Crippen molar-refractivity contribution in [2.24, 2.45) is 5.73 Å². The number of hydrogen-bond acceptors (Lipinski definition) is 4. The van der Waals surface area contributed by atoms with Gasteiger partial charge in [0, 0.05) is 36.4 Å². The predicted octanol–water partition coefficient (Wildman–Crippen LogP) is 2.44. The number of amides is 3. The molecule has 1 aromatic heterocycles. The second kappa shape index (κ2) is 7.60. The lowest BCUT2D eigenvalue weighted by Crippen LogP contribution is -2.39. The third-order valence-electron chi connectivity index (χ3n) is 5.87. The first kappa shape index (κ1) is 19.9. The van der Waals surface area contributed by atoms with Gasteiger partial charge in [0.15, 0.2) is 5.69 Å². The Bertz CT molecular complexity index is 1230. The first-order chi connectivity index (χ1) is 15.4. The molecule has 32 heavy (non-hydrogen) atoms. The number of nitrogens with zero attached hydrogens (tertiary/aromatic N) is 4. The van der Waals surface area contributed by atoms with Gasteiger partial charge in [0.05, 0.1) is 5.69 Å². The van der Waals surface area contributed by atoms with Crippen LogP contribution >= 0.6 is 0 Å². The molecule has 0 unspecified atom stereocenters. The molecule has 9 heteroatoms. The Kier molecular flexibility index (Phi) is 4.73. The molecule has 2 aliphatic rings. The minimum Gasteiger partial charge on any atom is -0.364 e. The molecule has 2 aromatic carbocycles. The molecule has 3 aromatic rings. The zero-order valence-corrected chi connectivity index (χ0v) is 17.1. The van der Waals surface area contributed by atoms with Crippen LogP contribution in [0, 0.1) is 5.82 Å². The van der Waals surface area contributed by atoms with Crippen molar-refractivity contribution in [3.63, 3.8) is 0 Å². The van der Waals surface area contributed by atoms with E-state index in [0.717, 1.165) is 12.1 Å². The fourth-order valence-electron chi connectivity index (χ4n) is 4.31. The minimum absolute atomic E-state index is 0.0419. The van der Waals surface area contributed by atoms with Crippen LogP contribution in [0.4, 0.5) is 15.8 Å². The predicted molar refractivity (Wildman–Crippen MR) is 115 cm³/mol. The van der Waals surface area contributed by atoms with E-state index in [9.17, 15) is 18.8 Å². The SMILES string of the molecule is NC(=O)c1nn(-c2ccc(F)cc2)c2c1CCN(c1ccc(N3CCCC3=O)cc1)C2=O. The number of halogens is 1. The van der Waals surface area contributed by atoms with Crippen molar-refractivity contribution in [1.82, 2.24) is 9.78 Å². The van der Waals surface area contributed by atoms with E-state index in [4.69, 9.17) is 5.73 Å². The van der Waals surface area contributed by atoms with E-state index in [1.54, 1.807) is 21.9 Å². The second-order valence-electron chi connectivity index (χ2n) is 7.80. The Balaban J connectivity index is 1.52. The van der Waals surface area contributed by atoms with Crippen LogP contribution in [0.3, 0.4) is 0 Å². The van der Waals surface area contributed by atoms with Crippen molar-refractivity contribution in [2.45, 2.75) is 19.3 Å². The van der Waals surface area contributed by atoms with E-state index in [2.05, 4.69) is 5.10 Å². The van der Waals surface area contributed by atoms with Gasteiger partial charge in [-0.3, -0.25) is 14.4 Å². The van der Waals surface area contributed by atoms with Crippen LogP contribution in [0.5, 0.6) is 0 Å². The van der Waals surface area contributed by atoms with E-state index in [0.29, 0.717) is 42.9 Å². The molecule has 2 aliphatic heterocycles. The molecular formula is C23H20FN5O3. The Labute approximate surface area is 183 Å². The normalized spacial score (nSPS) is 15.9. The summed E-state index contributed by atoms with van der Waals surface area (Å²) in [6.07, 6.45) is 1.78. The number of primary amides is 1. The third kappa shape index (κ3) is 3.22. The molecule has 5 rings (SSSR count). The molecule has 162 valence electrons. The maximum Gasteiger partial charge on any atom is 0.277 e. The Morgan fingerprint density at radius 2 is 1.50 bits per heavy atom. The van der Waals surface area contributed by atoms with Crippen molar-refractivity contribution in [2.75, 3.05) is 22.9 Å². The van der Waals surface area contributed by atoms with Crippen LogP contribution in [0.25, 0.3) is 5.69 Å². The van der Waals surface area contributed by atoms with Crippen molar-refractivity contribution < 1.29 is 18.8 Å². The Hall–Kier alpha value is -4.01. The summed E-state index contributed by atoms with van der Waals surface area (Å²) in [5.74, 6) is -1.38. The monoisotopic (exact) mass is 433 g/mol. The quantitative estimate of drug-likeness (QED) is 0.683. The van der Waals surface area contributed by atoms with Gasteiger partial charge < -0.3 is 15.5 Å². The summed E-state index contributed by atoms with van der Waals surface area (Å²) in [6.45, 7) is 1.04. The van der Waals surface area contributed by atoms with E-state index < -0.39 is 11.7 Å². The number of benzene rings is 2. The van der Waals surface area contributed by atoms with E-state index >= 15 is 0 Å². The maximum absolute atomic E-state index is 13.5. The highest BCUT2D eigenvalue weighted by Crippen LogP contribution is 2.30. The largest absolute Gasteiger partial charge is 0.364 e. The number of fused-ring (bicyclic) bond motifs is 1. The number of rotatable bonds is 4. The van der Waals surface area contributed by atoms with Crippen molar-refractivity contribution in [3.8, 4) is 5.69 Å². The highest BCUT2D eigenvalue weighted by Gasteiger charge is 2.34. The Morgan fingerprint density at radius 1 is 0.875 bits per heavy atom. The van der Waals surface area contributed by atoms with Crippen molar-refractivity contribution in [3.05, 3.63) is 71.3 Å². The number of carbonyl (C=O) groups excluding carboxylic acids is 3. The number of nitrogens with two attached hydrogens (primary N) is 1. The molecular weight excluding hydrogens is 413 g/mol. The lowest BCUT2D eigenvalue weighted by molar-refractivity contribution is -0.117. The smallest absolute Gasteiger partial charge is 0.277 e. The van der Waals surface area contributed by atoms with Gasteiger partial charge in [-0.15, -0.1) is 0 Å². The number of aromatic nitrogens is 2. The summed E-state index contributed by atoms with van der Waals surface area (Å²) in [4.78, 5) is 40.8. The molecule has 0 aliphatic carbocycles. The molecule has 8 nitrogen and oxygen atoms in total. The number of anilines is 2. The van der Waals surface area contributed by atoms with Gasteiger partial charge in [-0.25, -0.2) is 9.07 Å². The van der Waals surface area contributed by atoms with Crippen LogP contribution in [-0.2, 0) is 11.2 Å². The van der Waals surface area contributed by atoms with Gasteiger partial charge in [0.1, 0.15) is 11.5 Å². The van der Waals surface area contributed by atoms with Gasteiger partial charge in [-0.2, -0.15) is 5.10 Å². The third-order valence-corrected chi connectivity index (χ3v) is 5.87. The highest BCUT2D eigenvalue weighted by molar-refractivity contribution is 6.09. The van der Waals surface area contributed by atoms with Crippen LogP contribution in [0.15, 0.2) is 48.5 Å². The zero-order valence-electron chi connectivity index (χ0n) is 17.1. The lowest BCUT2D eigenvalue weighted by Gasteiger charge is -2.28. The summed E-state index contributed by atoms with van der Waals surface area (Å²) in [5.41, 5.74) is 8.18. The van der Waals surface area contributed by atoms with Crippen LogP contribution in [-0.4, -0.2) is 40.6 Å². The first-order valence-corrected chi connectivity index (χ1v) is 10.3. The summed E-state index contributed by atoms with van der Waals surface area (Å²) < 4.78 is 14.7. The molecule has 0 bridgehead atoms. The minimum atomic E-state index is -0.719. The molecule has 3 amide bonds. The van der Waals surface area contributed by atoms with Gasteiger partial charge in [-0.05, 0) is 61.4 Å². The molecule has 1 fully saturated rings. The Morgan fingerprint density at radius 3 is 2.09 bits per heavy atom. The van der Waals surface area contributed by atoms with Crippen LogP contribution in [0.2, 0.25) is 0 Å². The fraction of sp³-hybridized carbons (Fsp3) is 0.217. The maximum atomic E-state index is 13.5. The zero-order chi connectivity index (χ0) is 22.4. The van der Waals surface area contributed by atoms with E-state index in [1.165, 1.54) is 28.9 Å². The van der Waals surface area contributed by atoms with E-state index in [-0.39, 0.29) is 23.2 Å². The van der Waals surface area contributed by atoms with E-state index in [1.807, 2.05) is 12.1 Å². The summed E-state index contributed by atoms with van der Waals surface area (Å²) in [7, 11) is 0. The number of hydrogen-bond donors (Lipinski definition) is 1. The fourth-order valence-corrected chi connectivity index (χ4v) is 4.31. The standard InChI is InChI=1S/C23H20FN5O3/c24-14-3-5-17(6-4-14)29-21-18(20(26-29)22(25)31)11-13-28(23(21)32)16-9-7-15(8-10-16)27-12-1-2-19(27)30/h3-10H,1-2,11-13H2,(H2,25,31). The summed E-state index contributed by atoms with van der Waals surface area (Å²) in [5, 5.41) is 4.27. The molecule has 0 atom stereocenters. The van der Waals surface area contributed by atoms with Gasteiger partial charge in [0.2, 0.25) is 5.91 Å². The second-order valence-corrected chi connectivity index (χ2v) is 7.80. The van der Waals surface area contributed by atoms with Gasteiger partial charge in [-0.1, -0.05) is 0 Å². The molecule has 3 heterocycles. The lowest BCUT2D eigenvalue weighted by atomic mass is 10.0. The van der Waals surface area contributed by atoms with Crippen molar-refractivity contribution in [1.29, 1.82) is 0 Å².